The topological polar surface area (TPSA) is 137 Å². The first kappa shape index (κ1) is 54.2. The summed E-state index contributed by atoms with van der Waals surface area (Å²) in [5.41, 5.74) is -2.51. The Morgan fingerprint density at radius 1 is 0.506 bits per heavy atom. The van der Waals surface area contributed by atoms with Crippen molar-refractivity contribution in [3.63, 3.8) is 0 Å². The summed E-state index contributed by atoms with van der Waals surface area (Å²) in [7, 11) is 3.27. The van der Waals surface area contributed by atoms with Crippen LogP contribution < -0.4 is 4.74 Å². The molecule has 0 radical (unpaired) electrons. The lowest BCUT2D eigenvalue weighted by Crippen LogP contribution is -2.31. The van der Waals surface area contributed by atoms with Crippen LogP contribution in [0.1, 0.15) is 45.0 Å². The van der Waals surface area contributed by atoms with E-state index < -0.39 is 47.7 Å². The Bertz CT molecular complexity index is 3770. The van der Waals surface area contributed by atoms with Gasteiger partial charge in [-0.1, -0.05) is 120 Å². The SMILES string of the molecule is Cn1cncc1C(O)(c1ccc(C(F)(F)F)nc1)c1ccc2nc(Cl)c(-c3ccccc3)c(Cl)c2c1.Cn1cncc1C(O)(c1ccc(C(F)(F)F)nc1)c1ccc2nc(OCC(F)(F)F)c(-c3ccccc3)c(Cl)c2c1. The summed E-state index contributed by atoms with van der Waals surface area (Å²) in [6.07, 6.45) is -6.31. The summed E-state index contributed by atoms with van der Waals surface area (Å²) in [5, 5.41) is 25.6. The number of hydrogen-bond donors (Lipinski definition) is 2. The minimum atomic E-state index is -4.69. The molecule has 23 heteroatoms. The Morgan fingerprint density at radius 3 is 1.31 bits per heavy atom. The Kier molecular flexibility index (Phi) is 14.6. The molecule has 0 spiro atoms. The van der Waals surface area contributed by atoms with E-state index >= 15 is 0 Å². The molecule has 6 heterocycles. The zero-order chi connectivity index (χ0) is 55.2. The van der Waals surface area contributed by atoms with Crippen molar-refractivity contribution in [3.8, 4) is 28.1 Å². The number of halogens is 12. The number of benzene rings is 4. The molecule has 2 unspecified atom stereocenters. The molecular weight excluding hydrogens is 1090 g/mol. The van der Waals surface area contributed by atoms with Crippen LogP contribution >= 0.6 is 34.8 Å². The molecule has 0 aliphatic rings. The van der Waals surface area contributed by atoms with Gasteiger partial charge in [0.25, 0.3) is 0 Å². The van der Waals surface area contributed by atoms with E-state index in [4.69, 9.17) is 39.5 Å². The van der Waals surface area contributed by atoms with Gasteiger partial charge in [0.05, 0.1) is 63.1 Å². The number of fused-ring (bicyclic) bond motifs is 2. The molecule has 10 aromatic rings. The molecule has 0 saturated carbocycles. The van der Waals surface area contributed by atoms with Crippen LogP contribution in [0.2, 0.25) is 15.2 Å². The second-order valence-corrected chi connectivity index (χ2v) is 18.5. The molecule has 11 nitrogen and oxygen atoms in total. The first-order chi connectivity index (χ1) is 36.4. The number of alkyl halides is 9. The van der Waals surface area contributed by atoms with E-state index in [0.717, 1.165) is 36.2 Å². The first-order valence-corrected chi connectivity index (χ1v) is 23.7. The van der Waals surface area contributed by atoms with E-state index in [1.807, 2.05) is 30.3 Å². The van der Waals surface area contributed by atoms with E-state index in [0.29, 0.717) is 38.3 Å². The summed E-state index contributed by atoms with van der Waals surface area (Å²) in [5.74, 6) is -0.340. The molecule has 0 saturated heterocycles. The molecule has 4 aromatic carbocycles. The number of aromatic nitrogens is 8. The first-order valence-electron chi connectivity index (χ1n) is 22.6. The van der Waals surface area contributed by atoms with Gasteiger partial charge in [-0.2, -0.15) is 39.5 Å². The lowest BCUT2D eigenvalue weighted by molar-refractivity contribution is -0.154. The van der Waals surface area contributed by atoms with Gasteiger partial charge in [0.15, 0.2) is 17.8 Å². The maximum absolute atomic E-state index is 13.2. The lowest BCUT2D eigenvalue weighted by atomic mass is 9.83. The van der Waals surface area contributed by atoms with Crippen LogP contribution in [-0.2, 0) is 37.7 Å². The number of ether oxygens (including phenoxy) is 1. The van der Waals surface area contributed by atoms with Gasteiger partial charge in [-0.05, 0) is 58.7 Å². The zero-order valence-corrected chi connectivity index (χ0v) is 41.9. The average molecular weight is 1120 g/mol. The lowest BCUT2D eigenvalue weighted by Gasteiger charge is -2.30. The van der Waals surface area contributed by atoms with Gasteiger partial charge in [0.2, 0.25) is 5.88 Å². The summed E-state index contributed by atoms with van der Waals surface area (Å²) in [6, 6.07) is 30.7. The number of pyridine rings is 4. The van der Waals surface area contributed by atoms with Crippen molar-refractivity contribution in [1.29, 1.82) is 0 Å². The fourth-order valence-electron chi connectivity index (χ4n) is 8.70. The molecule has 0 aliphatic carbocycles. The van der Waals surface area contributed by atoms with Crippen LogP contribution in [0.25, 0.3) is 44.1 Å². The van der Waals surface area contributed by atoms with Crippen LogP contribution in [-0.4, -0.2) is 62.0 Å². The molecule has 2 N–H and O–H groups in total. The fraction of sp³-hybridized carbons (Fsp3) is 0.148. The van der Waals surface area contributed by atoms with Gasteiger partial charge in [-0.15, -0.1) is 0 Å². The fourth-order valence-corrected chi connectivity index (χ4v) is 9.73. The highest BCUT2D eigenvalue weighted by atomic mass is 35.5. The van der Waals surface area contributed by atoms with Gasteiger partial charge in [0, 0.05) is 54.0 Å². The number of rotatable bonds is 10. The summed E-state index contributed by atoms with van der Waals surface area (Å²) >= 11 is 20.1. The van der Waals surface area contributed by atoms with E-state index in [1.54, 1.807) is 67.2 Å². The monoisotopic (exact) mass is 1120 g/mol. The van der Waals surface area contributed by atoms with E-state index in [1.165, 1.54) is 53.9 Å². The van der Waals surface area contributed by atoms with Crippen molar-refractivity contribution in [2.75, 3.05) is 6.61 Å². The summed E-state index contributed by atoms with van der Waals surface area (Å²) < 4.78 is 126. The average Bonchev–Trinajstić information content (AvgIpc) is 4.07. The predicted octanol–water partition coefficient (Wildman–Crippen LogP) is 13.6. The van der Waals surface area contributed by atoms with Crippen LogP contribution in [0.4, 0.5) is 39.5 Å². The van der Waals surface area contributed by atoms with Crippen molar-refractivity contribution in [2.45, 2.75) is 29.7 Å². The molecule has 0 bridgehead atoms. The second kappa shape index (κ2) is 20.7. The largest absolute Gasteiger partial charge is 0.468 e. The van der Waals surface area contributed by atoms with Crippen LogP contribution in [0.3, 0.4) is 0 Å². The highest BCUT2D eigenvalue weighted by Gasteiger charge is 2.41. The van der Waals surface area contributed by atoms with Crippen LogP contribution in [0, 0.1) is 0 Å². The molecular formula is C54H36Cl3F9N8O3. The Labute approximate surface area is 445 Å². The minimum absolute atomic E-state index is 0.00174. The smallest absolute Gasteiger partial charge is 0.433 e. The third-order valence-electron chi connectivity index (χ3n) is 12.4. The van der Waals surface area contributed by atoms with Gasteiger partial charge in [-0.3, -0.25) is 9.97 Å². The molecule has 0 amide bonds. The molecule has 0 fully saturated rings. The van der Waals surface area contributed by atoms with Gasteiger partial charge >= 0.3 is 18.5 Å². The van der Waals surface area contributed by atoms with Crippen LogP contribution in [0.15, 0.2) is 159 Å². The van der Waals surface area contributed by atoms with E-state index in [9.17, 15) is 49.7 Å². The summed E-state index contributed by atoms with van der Waals surface area (Å²) in [6.45, 7) is -1.60. The van der Waals surface area contributed by atoms with Crippen molar-refractivity contribution in [2.24, 2.45) is 14.1 Å². The highest BCUT2D eigenvalue weighted by molar-refractivity contribution is 6.42. The van der Waals surface area contributed by atoms with E-state index in [-0.39, 0.29) is 54.9 Å². The third kappa shape index (κ3) is 10.6. The Morgan fingerprint density at radius 2 is 0.922 bits per heavy atom. The predicted molar refractivity (Wildman–Crippen MR) is 270 cm³/mol. The number of hydrogen-bond acceptors (Lipinski definition) is 9. The Hall–Kier alpha value is -7.62. The summed E-state index contributed by atoms with van der Waals surface area (Å²) in [4.78, 5) is 23.9. The molecule has 77 heavy (non-hydrogen) atoms. The molecule has 0 aliphatic heterocycles. The van der Waals surface area contributed by atoms with Crippen molar-refractivity contribution in [1.82, 2.24) is 39.0 Å². The highest BCUT2D eigenvalue weighted by Crippen LogP contribution is 2.46. The van der Waals surface area contributed by atoms with Crippen molar-refractivity contribution < 1.29 is 54.5 Å². The van der Waals surface area contributed by atoms with Crippen molar-refractivity contribution in [3.05, 3.63) is 219 Å². The maximum Gasteiger partial charge on any atom is 0.433 e. The number of aryl methyl sites for hydroxylation is 2. The van der Waals surface area contributed by atoms with E-state index in [2.05, 4.69) is 29.9 Å². The molecule has 10 rings (SSSR count). The zero-order valence-electron chi connectivity index (χ0n) is 39.6. The Balaban J connectivity index is 0.000000189. The minimum Gasteiger partial charge on any atom is -0.468 e. The van der Waals surface area contributed by atoms with Gasteiger partial charge in [-0.25, -0.2) is 19.9 Å². The maximum atomic E-state index is 13.2. The second-order valence-electron chi connectivity index (χ2n) is 17.4. The standard InChI is InChI=1S/C28H19ClF6N4O2.C26H17Cl2F3N4O/c1-39-15-36-13-22(39)27(40,18-8-10-21(37-12-18)28(33,34)35)17-7-9-20-19(11-17)24(29)23(16-5-3-2-4-6-16)25(38-20)41-14-26(30,31)32;1-35-14-32-13-21(35)25(36,17-8-10-20(33-12-17)26(29,30)31)16-7-9-19-18(11-16)23(27)22(24(28)34-19)15-5-3-2-4-6-15/h2-13,15,40H,14H2,1H3;2-14,36H,1H3. The van der Waals surface area contributed by atoms with Gasteiger partial charge in [0.1, 0.15) is 16.5 Å². The molecule has 2 atom stereocenters. The molecule has 6 aromatic heterocycles. The third-order valence-corrected chi connectivity index (χ3v) is 13.5. The number of aliphatic hydroxyl groups is 2. The number of imidazole rings is 2. The normalized spacial score (nSPS) is 13.7. The van der Waals surface area contributed by atoms with Gasteiger partial charge < -0.3 is 24.1 Å². The van der Waals surface area contributed by atoms with Crippen LogP contribution in [0.5, 0.6) is 5.88 Å². The quantitative estimate of drug-likeness (QED) is 0.101. The number of nitrogens with zero attached hydrogens (tertiary/aromatic N) is 8. The van der Waals surface area contributed by atoms with Crippen molar-refractivity contribution >= 4 is 56.6 Å². The molecule has 394 valence electrons.